The third kappa shape index (κ3) is 15.3. The molecular weight excluding hydrogens is 240 g/mol. The van der Waals surface area contributed by atoms with E-state index in [1.165, 1.54) is 12.8 Å². The molecular formula is C14H32N4O. The lowest BCUT2D eigenvalue weighted by molar-refractivity contribution is -0.121. The lowest BCUT2D eigenvalue weighted by atomic mass is 10.3. The van der Waals surface area contributed by atoms with Gasteiger partial charge in [-0.1, -0.05) is 6.92 Å². The minimum atomic E-state index is 0.172. The van der Waals surface area contributed by atoms with Crippen molar-refractivity contribution in [2.75, 3.05) is 39.3 Å². The summed E-state index contributed by atoms with van der Waals surface area (Å²) in [5.41, 5.74) is 5.41. The Bertz CT molecular complexity index is 200. The first-order valence-electron chi connectivity index (χ1n) is 7.69. The van der Waals surface area contributed by atoms with E-state index < -0.39 is 0 Å². The van der Waals surface area contributed by atoms with Crippen LogP contribution < -0.4 is 21.7 Å². The van der Waals surface area contributed by atoms with Crippen LogP contribution in [0.3, 0.4) is 0 Å². The summed E-state index contributed by atoms with van der Waals surface area (Å²) in [6, 6.07) is 0. The summed E-state index contributed by atoms with van der Waals surface area (Å²) in [6.07, 6.45) is 6.02. The first-order chi connectivity index (χ1) is 9.31. The lowest BCUT2D eigenvalue weighted by Crippen LogP contribution is -2.27. The van der Waals surface area contributed by atoms with Gasteiger partial charge in [-0.05, 0) is 64.8 Å². The SMILES string of the molecule is CCCC(=O)NCCCNCCCCNCCCN. The van der Waals surface area contributed by atoms with Crippen LogP contribution in [0.5, 0.6) is 0 Å². The molecule has 0 rings (SSSR count). The lowest BCUT2D eigenvalue weighted by Gasteiger charge is -2.07. The summed E-state index contributed by atoms with van der Waals surface area (Å²) in [6.45, 7) is 7.71. The van der Waals surface area contributed by atoms with E-state index in [1.807, 2.05) is 6.92 Å². The molecule has 0 aliphatic rings. The van der Waals surface area contributed by atoms with Gasteiger partial charge in [-0.3, -0.25) is 4.79 Å². The highest BCUT2D eigenvalue weighted by Gasteiger charge is 1.97. The molecule has 0 saturated heterocycles. The molecule has 5 N–H and O–H groups in total. The van der Waals surface area contributed by atoms with Gasteiger partial charge in [0.25, 0.3) is 0 Å². The molecule has 0 spiro atoms. The van der Waals surface area contributed by atoms with Crippen molar-refractivity contribution in [1.29, 1.82) is 0 Å². The molecule has 0 radical (unpaired) electrons. The zero-order valence-corrected chi connectivity index (χ0v) is 12.5. The van der Waals surface area contributed by atoms with Gasteiger partial charge in [-0.25, -0.2) is 0 Å². The highest BCUT2D eigenvalue weighted by atomic mass is 16.1. The van der Waals surface area contributed by atoms with Crippen molar-refractivity contribution < 1.29 is 4.79 Å². The number of rotatable bonds is 14. The molecule has 0 bridgehead atoms. The second kappa shape index (κ2) is 15.4. The number of unbranched alkanes of at least 4 members (excludes halogenated alkanes) is 1. The second-order valence-electron chi connectivity index (χ2n) is 4.80. The number of amides is 1. The van der Waals surface area contributed by atoms with Gasteiger partial charge in [0.05, 0.1) is 0 Å². The zero-order chi connectivity index (χ0) is 14.2. The first-order valence-corrected chi connectivity index (χ1v) is 7.69. The topological polar surface area (TPSA) is 79.2 Å². The highest BCUT2D eigenvalue weighted by molar-refractivity contribution is 5.75. The third-order valence-electron chi connectivity index (χ3n) is 2.84. The van der Waals surface area contributed by atoms with Crippen molar-refractivity contribution in [3.63, 3.8) is 0 Å². The Labute approximate surface area is 118 Å². The van der Waals surface area contributed by atoms with Crippen LogP contribution in [0, 0.1) is 0 Å². The number of nitrogens with one attached hydrogen (secondary N) is 3. The van der Waals surface area contributed by atoms with Gasteiger partial charge in [-0.2, -0.15) is 0 Å². The monoisotopic (exact) mass is 272 g/mol. The number of carbonyl (C=O) groups excluding carboxylic acids is 1. The van der Waals surface area contributed by atoms with Gasteiger partial charge in [0.2, 0.25) is 5.91 Å². The van der Waals surface area contributed by atoms with Gasteiger partial charge >= 0.3 is 0 Å². The zero-order valence-electron chi connectivity index (χ0n) is 12.5. The molecule has 5 heteroatoms. The summed E-state index contributed by atoms with van der Waals surface area (Å²) >= 11 is 0. The molecule has 0 atom stereocenters. The molecule has 0 unspecified atom stereocenters. The average molecular weight is 272 g/mol. The molecule has 19 heavy (non-hydrogen) atoms. The van der Waals surface area contributed by atoms with Gasteiger partial charge in [0.1, 0.15) is 0 Å². The fraction of sp³-hybridized carbons (Fsp3) is 0.929. The molecule has 0 aliphatic carbocycles. The maximum Gasteiger partial charge on any atom is 0.219 e. The fourth-order valence-electron chi connectivity index (χ4n) is 1.73. The third-order valence-corrected chi connectivity index (χ3v) is 2.84. The maximum atomic E-state index is 11.2. The molecule has 0 saturated carbocycles. The fourth-order valence-corrected chi connectivity index (χ4v) is 1.73. The molecule has 0 aromatic carbocycles. The van der Waals surface area contributed by atoms with E-state index in [0.717, 1.165) is 58.5 Å². The van der Waals surface area contributed by atoms with Gasteiger partial charge in [-0.15, -0.1) is 0 Å². The van der Waals surface area contributed by atoms with E-state index in [4.69, 9.17) is 5.73 Å². The minimum Gasteiger partial charge on any atom is -0.356 e. The minimum absolute atomic E-state index is 0.172. The largest absolute Gasteiger partial charge is 0.356 e. The van der Waals surface area contributed by atoms with Crippen molar-refractivity contribution in [1.82, 2.24) is 16.0 Å². The molecule has 1 amide bonds. The van der Waals surface area contributed by atoms with Crippen molar-refractivity contribution in [3.8, 4) is 0 Å². The standard InChI is InChI=1S/C14H32N4O/c1-2-7-14(19)18-13-6-12-17-10-4-3-9-16-11-5-8-15/h16-17H,2-13,15H2,1H3,(H,18,19). The summed E-state index contributed by atoms with van der Waals surface area (Å²) in [4.78, 5) is 11.2. The normalized spacial score (nSPS) is 10.6. The summed E-state index contributed by atoms with van der Waals surface area (Å²) in [5.74, 6) is 0.172. The van der Waals surface area contributed by atoms with E-state index in [1.54, 1.807) is 0 Å². The Morgan fingerprint density at radius 2 is 1.47 bits per heavy atom. The van der Waals surface area contributed by atoms with Crippen LogP contribution in [0.25, 0.3) is 0 Å². The number of hydrogen-bond donors (Lipinski definition) is 4. The van der Waals surface area contributed by atoms with Crippen LogP contribution in [-0.2, 0) is 4.79 Å². The second-order valence-corrected chi connectivity index (χ2v) is 4.80. The molecule has 114 valence electrons. The number of hydrogen-bond acceptors (Lipinski definition) is 4. The Balaban J connectivity index is 3.01. The van der Waals surface area contributed by atoms with E-state index in [-0.39, 0.29) is 5.91 Å². The van der Waals surface area contributed by atoms with Crippen LogP contribution in [0.15, 0.2) is 0 Å². The molecule has 0 aromatic heterocycles. The van der Waals surface area contributed by atoms with Gasteiger partial charge in [0.15, 0.2) is 0 Å². The van der Waals surface area contributed by atoms with Crippen molar-refractivity contribution in [2.24, 2.45) is 5.73 Å². The summed E-state index contributed by atoms with van der Waals surface area (Å²) < 4.78 is 0. The van der Waals surface area contributed by atoms with Crippen LogP contribution >= 0.6 is 0 Å². The number of carbonyl (C=O) groups is 1. The number of nitrogens with two attached hydrogens (primary N) is 1. The Kier molecular flexibility index (Phi) is 14.9. The smallest absolute Gasteiger partial charge is 0.219 e. The Morgan fingerprint density at radius 3 is 2.05 bits per heavy atom. The van der Waals surface area contributed by atoms with E-state index in [0.29, 0.717) is 6.42 Å². The summed E-state index contributed by atoms with van der Waals surface area (Å²) in [7, 11) is 0. The van der Waals surface area contributed by atoms with Crippen LogP contribution in [-0.4, -0.2) is 45.2 Å². The molecule has 0 heterocycles. The summed E-state index contributed by atoms with van der Waals surface area (Å²) in [5, 5.41) is 9.68. The molecule has 0 aromatic rings. The van der Waals surface area contributed by atoms with E-state index >= 15 is 0 Å². The molecule has 0 aliphatic heterocycles. The maximum absolute atomic E-state index is 11.2. The quantitative estimate of drug-likeness (QED) is 0.349. The molecule has 5 nitrogen and oxygen atoms in total. The van der Waals surface area contributed by atoms with Crippen molar-refractivity contribution in [3.05, 3.63) is 0 Å². The van der Waals surface area contributed by atoms with Crippen molar-refractivity contribution in [2.45, 2.75) is 45.4 Å². The Hall–Kier alpha value is -0.650. The predicted octanol–water partition coefficient (Wildman–Crippen LogP) is 0.601. The molecule has 0 fully saturated rings. The predicted molar refractivity (Wildman–Crippen MR) is 81.2 cm³/mol. The van der Waals surface area contributed by atoms with E-state index in [2.05, 4.69) is 16.0 Å². The van der Waals surface area contributed by atoms with Crippen LogP contribution in [0.2, 0.25) is 0 Å². The Morgan fingerprint density at radius 1 is 0.895 bits per heavy atom. The van der Waals surface area contributed by atoms with Gasteiger partial charge < -0.3 is 21.7 Å². The van der Waals surface area contributed by atoms with Crippen LogP contribution in [0.1, 0.15) is 45.4 Å². The average Bonchev–Trinajstić information content (AvgIpc) is 2.40. The first kappa shape index (κ1) is 18.4. The van der Waals surface area contributed by atoms with Crippen molar-refractivity contribution >= 4 is 5.91 Å². The van der Waals surface area contributed by atoms with Crippen LogP contribution in [0.4, 0.5) is 0 Å². The van der Waals surface area contributed by atoms with E-state index in [9.17, 15) is 4.79 Å². The van der Waals surface area contributed by atoms with Gasteiger partial charge in [0, 0.05) is 13.0 Å². The highest BCUT2D eigenvalue weighted by Crippen LogP contribution is 1.87.